The van der Waals surface area contributed by atoms with Crippen molar-refractivity contribution in [2.24, 2.45) is 10.8 Å². The van der Waals surface area contributed by atoms with Gasteiger partial charge in [0.15, 0.2) is 0 Å². The third kappa shape index (κ3) is 3.14. The lowest BCUT2D eigenvalue weighted by molar-refractivity contribution is 0.0712. The van der Waals surface area contributed by atoms with Crippen molar-refractivity contribution in [3.05, 3.63) is 29.4 Å². The Morgan fingerprint density at radius 2 is 2.19 bits per heavy atom. The molecule has 2 fully saturated rings. The van der Waals surface area contributed by atoms with Crippen molar-refractivity contribution in [1.29, 1.82) is 0 Å². The molecular weight excluding hydrogens is 356 g/mol. The number of rotatable bonds is 4. The average Bonchev–Trinajstić information content (AvgIpc) is 3.05. The minimum Gasteiger partial charge on any atom is -0.366 e. The maximum absolute atomic E-state index is 13.5. The van der Waals surface area contributed by atoms with Crippen LogP contribution in [-0.2, 0) is 0 Å². The van der Waals surface area contributed by atoms with Crippen molar-refractivity contribution in [3.8, 4) is 0 Å². The third-order valence-corrected chi connectivity index (χ3v) is 7.20. The average molecular weight is 385 g/mol. The highest BCUT2D eigenvalue weighted by atomic mass is 32.1. The van der Waals surface area contributed by atoms with E-state index in [2.05, 4.69) is 47.5 Å². The Morgan fingerprint density at radius 3 is 2.93 bits per heavy atom. The van der Waals surface area contributed by atoms with E-state index in [0.29, 0.717) is 18.0 Å². The molecule has 2 aromatic heterocycles. The van der Waals surface area contributed by atoms with E-state index in [1.54, 1.807) is 12.4 Å². The number of carbonyl (C=O) groups excluding carboxylic acids is 1. The molecule has 2 atom stereocenters. The Morgan fingerprint density at radius 1 is 1.41 bits per heavy atom. The molecule has 1 amide bonds. The van der Waals surface area contributed by atoms with Crippen LogP contribution in [0.25, 0.3) is 10.2 Å². The fourth-order valence-corrected chi connectivity index (χ4v) is 6.51. The van der Waals surface area contributed by atoms with Gasteiger partial charge in [0.05, 0.1) is 10.3 Å². The maximum atomic E-state index is 13.5. The predicted molar refractivity (Wildman–Crippen MR) is 111 cm³/mol. The summed E-state index contributed by atoms with van der Waals surface area (Å²) in [5.41, 5.74) is 1.52. The Balaban J connectivity index is 1.70. The number of hydrogen-bond acceptors (Lipinski definition) is 5. The number of likely N-dealkylation sites (tertiary alicyclic amines) is 1. The number of nitrogens with one attached hydrogen (secondary N) is 1. The molecule has 0 spiro atoms. The summed E-state index contributed by atoms with van der Waals surface area (Å²) < 4.78 is 0. The van der Waals surface area contributed by atoms with Gasteiger partial charge >= 0.3 is 0 Å². The van der Waals surface area contributed by atoms with Gasteiger partial charge in [0.1, 0.15) is 17.0 Å². The van der Waals surface area contributed by atoms with Gasteiger partial charge in [-0.2, -0.15) is 0 Å². The highest BCUT2D eigenvalue weighted by Crippen LogP contribution is 2.53. The normalized spacial score (nSPS) is 26.4. The van der Waals surface area contributed by atoms with Gasteiger partial charge in [-0.05, 0) is 42.6 Å². The number of aryl methyl sites for hydroxylation is 1. The summed E-state index contributed by atoms with van der Waals surface area (Å²) in [6.45, 7) is 14.3. The zero-order valence-electron chi connectivity index (χ0n) is 16.6. The smallest absolute Gasteiger partial charge is 0.264 e. The Hall–Kier alpha value is -1.95. The maximum Gasteiger partial charge on any atom is 0.264 e. The Kier molecular flexibility index (Phi) is 4.29. The van der Waals surface area contributed by atoms with Crippen LogP contribution in [-0.4, -0.2) is 39.9 Å². The Bertz CT molecular complexity index is 918. The molecule has 1 saturated carbocycles. The van der Waals surface area contributed by atoms with Gasteiger partial charge < -0.3 is 10.2 Å². The second kappa shape index (κ2) is 6.30. The van der Waals surface area contributed by atoms with E-state index in [9.17, 15) is 4.79 Å². The lowest BCUT2D eigenvalue weighted by atomic mass is 9.65. The van der Waals surface area contributed by atoms with E-state index in [1.165, 1.54) is 17.8 Å². The zero-order chi connectivity index (χ0) is 19.4. The molecule has 6 heteroatoms. The van der Waals surface area contributed by atoms with Crippen molar-refractivity contribution < 1.29 is 4.79 Å². The summed E-state index contributed by atoms with van der Waals surface area (Å²) in [5.74, 6) is 0.942. The number of thiophene rings is 1. The number of aromatic nitrogens is 2. The molecule has 5 nitrogen and oxygen atoms in total. The van der Waals surface area contributed by atoms with E-state index in [-0.39, 0.29) is 11.3 Å². The summed E-state index contributed by atoms with van der Waals surface area (Å²) in [6, 6.07) is 0.348. The van der Waals surface area contributed by atoms with E-state index < -0.39 is 0 Å². The molecule has 1 saturated heterocycles. The number of nitrogens with zero attached hydrogens (tertiary/aromatic N) is 3. The summed E-state index contributed by atoms with van der Waals surface area (Å²) in [7, 11) is 0. The molecule has 0 aromatic carbocycles. The van der Waals surface area contributed by atoms with Crippen LogP contribution in [0.1, 0.15) is 55.3 Å². The van der Waals surface area contributed by atoms with Crippen LogP contribution in [0.3, 0.4) is 0 Å². The first-order chi connectivity index (χ1) is 12.7. The van der Waals surface area contributed by atoms with Crippen LogP contribution >= 0.6 is 11.3 Å². The predicted octanol–water partition coefficient (Wildman–Crippen LogP) is 4.64. The van der Waals surface area contributed by atoms with Crippen LogP contribution in [0, 0.1) is 17.8 Å². The van der Waals surface area contributed by atoms with Crippen molar-refractivity contribution in [3.63, 3.8) is 0 Å². The fourth-order valence-electron chi connectivity index (χ4n) is 5.41. The van der Waals surface area contributed by atoms with Gasteiger partial charge in [0.2, 0.25) is 0 Å². The first kappa shape index (κ1) is 18.4. The number of amides is 1. The molecule has 1 aliphatic heterocycles. The molecule has 144 valence electrons. The van der Waals surface area contributed by atoms with E-state index in [4.69, 9.17) is 0 Å². The Labute approximate surface area is 164 Å². The van der Waals surface area contributed by atoms with Crippen molar-refractivity contribution >= 4 is 33.3 Å². The standard InChI is InChI=1S/C21H28N4OS/c1-6-7-22-17-15-13(2)16(27-18(15)24-12-23-17)19(26)25-11-21(5)9-14(25)8-20(3,4)10-21/h6,12,14H,1,7-11H2,2-5H3,(H,22,23,24). The zero-order valence-corrected chi connectivity index (χ0v) is 17.4. The molecular formula is C21H28N4OS. The third-order valence-electron chi connectivity index (χ3n) is 6.01. The molecule has 27 heavy (non-hydrogen) atoms. The topological polar surface area (TPSA) is 58.1 Å². The summed E-state index contributed by atoms with van der Waals surface area (Å²) in [6.07, 6.45) is 6.76. The molecule has 1 aliphatic carbocycles. The van der Waals surface area contributed by atoms with Crippen LogP contribution in [0.2, 0.25) is 0 Å². The first-order valence-corrected chi connectivity index (χ1v) is 10.4. The lowest BCUT2D eigenvalue weighted by Crippen LogP contribution is -2.37. The first-order valence-electron chi connectivity index (χ1n) is 9.63. The van der Waals surface area contributed by atoms with E-state index in [0.717, 1.165) is 45.9 Å². The highest BCUT2D eigenvalue weighted by molar-refractivity contribution is 7.20. The van der Waals surface area contributed by atoms with Crippen molar-refractivity contribution in [1.82, 2.24) is 14.9 Å². The number of hydrogen-bond donors (Lipinski definition) is 1. The van der Waals surface area contributed by atoms with Gasteiger partial charge in [-0.3, -0.25) is 4.79 Å². The molecule has 4 rings (SSSR count). The largest absolute Gasteiger partial charge is 0.366 e. The molecule has 3 heterocycles. The van der Waals surface area contributed by atoms with Crippen molar-refractivity contribution in [2.75, 3.05) is 18.4 Å². The molecule has 2 aliphatic rings. The van der Waals surface area contributed by atoms with E-state index in [1.807, 2.05) is 6.92 Å². The number of fused-ring (bicyclic) bond motifs is 3. The number of carbonyl (C=O) groups is 1. The van der Waals surface area contributed by atoms with Gasteiger partial charge in [0.25, 0.3) is 5.91 Å². The quantitative estimate of drug-likeness (QED) is 0.780. The van der Waals surface area contributed by atoms with Crippen LogP contribution in [0.5, 0.6) is 0 Å². The minimum atomic E-state index is 0.164. The molecule has 2 unspecified atom stereocenters. The van der Waals surface area contributed by atoms with Crippen LogP contribution in [0.15, 0.2) is 19.0 Å². The number of anilines is 1. The summed E-state index contributed by atoms with van der Waals surface area (Å²) in [5, 5.41) is 4.23. The molecule has 2 aromatic rings. The monoisotopic (exact) mass is 384 g/mol. The molecule has 1 N–H and O–H groups in total. The van der Waals surface area contributed by atoms with Gasteiger partial charge in [-0.25, -0.2) is 9.97 Å². The van der Waals surface area contributed by atoms with Crippen LogP contribution in [0.4, 0.5) is 5.82 Å². The fraction of sp³-hybridized carbons (Fsp3) is 0.571. The SMILES string of the molecule is C=CCNc1ncnc2sc(C(=O)N3CC4(C)CC3CC(C)(C)C4)c(C)c12. The van der Waals surface area contributed by atoms with Gasteiger partial charge in [0, 0.05) is 19.1 Å². The highest BCUT2D eigenvalue weighted by Gasteiger charge is 2.51. The molecule has 0 radical (unpaired) electrons. The van der Waals surface area contributed by atoms with Gasteiger partial charge in [-0.15, -0.1) is 17.9 Å². The van der Waals surface area contributed by atoms with Gasteiger partial charge in [-0.1, -0.05) is 26.8 Å². The molecule has 2 bridgehead atoms. The lowest BCUT2D eigenvalue weighted by Gasteiger charge is -2.39. The second-order valence-electron chi connectivity index (χ2n) is 9.27. The minimum absolute atomic E-state index is 0.164. The second-order valence-corrected chi connectivity index (χ2v) is 10.3. The van der Waals surface area contributed by atoms with Crippen LogP contribution < -0.4 is 5.32 Å². The summed E-state index contributed by atoms with van der Waals surface area (Å²) >= 11 is 1.49. The van der Waals surface area contributed by atoms with E-state index >= 15 is 0 Å². The summed E-state index contributed by atoms with van der Waals surface area (Å²) in [4.78, 5) is 26.1. The van der Waals surface area contributed by atoms with Crippen molar-refractivity contribution in [2.45, 2.75) is 53.0 Å².